The zero-order valence-corrected chi connectivity index (χ0v) is 16.9. The molecular formula is C21H24F4N4O2. The summed E-state index contributed by atoms with van der Waals surface area (Å²) in [6, 6.07) is 5.05. The van der Waals surface area contributed by atoms with Crippen LogP contribution in [0.5, 0.6) is 0 Å². The second-order valence-electron chi connectivity index (χ2n) is 7.92. The van der Waals surface area contributed by atoms with Gasteiger partial charge in [0.1, 0.15) is 11.5 Å². The summed E-state index contributed by atoms with van der Waals surface area (Å²) in [6.45, 7) is 4.86. The van der Waals surface area contributed by atoms with Crippen LogP contribution in [0.25, 0.3) is 5.69 Å². The van der Waals surface area contributed by atoms with E-state index < -0.39 is 29.2 Å². The molecular weight excluding hydrogens is 416 g/mol. The van der Waals surface area contributed by atoms with Crippen molar-refractivity contribution < 1.29 is 27.1 Å². The van der Waals surface area contributed by atoms with E-state index in [0.29, 0.717) is 36.9 Å². The molecule has 1 aromatic carbocycles. The Kier molecular flexibility index (Phi) is 6.29. The number of alkyl halides is 3. The number of carbonyl (C=O) groups is 1. The molecule has 2 fully saturated rings. The van der Waals surface area contributed by atoms with Crippen molar-refractivity contribution in [3.8, 4) is 5.69 Å². The number of halogens is 4. The first-order chi connectivity index (χ1) is 14.8. The van der Waals surface area contributed by atoms with Crippen LogP contribution in [0.15, 0.2) is 30.5 Å². The standard InChI is InChI=1S/C21H24F4N4O2/c22-17-3-1-2-4-18(17)29-19(21(23,24)25)16(13-26-29)20(30)28-7-5-15(6-8-28)14-27-9-11-31-12-10-27/h1-4,13,15H,5-12,14H2. The van der Waals surface area contributed by atoms with E-state index in [1.54, 1.807) is 0 Å². The van der Waals surface area contributed by atoms with Crippen molar-refractivity contribution in [1.82, 2.24) is 19.6 Å². The largest absolute Gasteiger partial charge is 0.434 e. The van der Waals surface area contributed by atoms with Gasteiger partial charge in [-0.3, -0.25) is 9.69 Å². The van der Waals surface area contributed by atoms with Gasteiger partial charge < -0.3 is 9.64 Å². The molecule has 31 heavy (non-hydrogen) atoms. The SMILES string of the molecule is O=C(c1cnn(-c2ccccc2F)c1C(F)(F)F)N1CCC(CN2CCOCC2)CC1. The normalized spacial score (nSPS) is 19.0. The van der Waals surface area contributed by atoms with Crippen molar-refractivity contribution in [2.45, 2.75) is 19.0 Å². The number of ether oxygens (including phenoxy) is 1. The Balaban J connectivity index is 1.49. The van der Waals surface area contributed by atoms with Gasteiger partial charge >= 0.3 is 6.18 Å². The number of rotatable bonds is 4. The third kappa shape index (κ3) is 4.74. The van der Waals surface area contributed by atoms with Crippen LogP contribution >= 0.6 is 0 Å². The summed E-state index contributed by atoms with van der Waals surface area (Å²) >= 11 is 0. The lowest BCUT2D eigenvalue weighted by Gasteiger charge is -2.36. The molecule has 4 rings (SSSR count). The highest BCUT2D eigenvalue weighted by Gasteiger charge is 2.42. The van der Waals surface area contributed by atoms with E-state index in [1.165, 1.54) is 23.1 Å². The fourth-order valence-corrected chi connectivity index (χ4v) is 4.22. The highest BCUT2D eigenvalue weighted by Crippen LogP contribution is 2.35. The van der Waals surface area contributed by atoms with Crippen LogP contribution in [0.3, 0.4) is 0 Å². The van der Waals surface area contributed by atoms with Crippen LogP contribution < -0.4 is 0 Å². The molecule has 3 heterocycles. The first-order valence-electron chi connectivity index (χ1n) is 10.3. The number of benzene rings is 1. The lowest BCUT2D eigenvalue weighted by Crippen LogP contribution is -2.44. The van der Waals surface area contributed by atoms with Crippen LogP contribution in [0.2, 0.25) is 0 Å². The molecule has 1 amide bonds. The molecule has 168 valence electrons. The lowest BCUT2D eigenvalue weighted by atomic mass is 9.95. The Morgan fingerprint density at radius 2 is 1.77 bits per heavy atom. The molecule has 0 spiro atoms. The number of morpholine rings is 1. The van der Waals surface area contributed by atoms with Gasteiger partial charge in [0.05, 0.1) is 25.0 Å². The molecule has 10 heteroatoms. The van der Waals surface area contributed by atoms with E-state index in [-0.39, 0.29) is 5.69 Å². The second-order valence-corrected chi connectivity index (χ2v) is 7.92. The van der Waals surface area contributed by atoms with Gasteiger partial charge in [0.15, 0.2) is 5.69 Å². The fourth-order valence-electron chi connectivity index (χ4n) is 4.22. The summed E-state index contributed by atoms with van der Waals surface area (Å²) in [5, 5.41) is 3.71. The summed E-state index contributed by atoms with van der Waals surface area (Å²) in [5.41, 5.74) is -2.15. The molecule has 1 aromatic heterocycles. The quantitative estimate of drug-likeness (QED) is 0.686. The molecule has 2 aliphatic rings. The molecule has 0 atom stereocenters. The molecule has 0 saturated carbocycles. The van der Waals surface area contributed by atoms with Crippen molar-refractivity contribution in [2.24, 2.45) is 5.92 Å². The predicted molar refractivity (Wildman–Crippen MR) is 104 cm³/mol. The van der Waals surface area contributed by atoms with Crippen LogP contribution in [-0.4, -0.2) is 71.4 Å². The Hall–Kier alpha value is -2.46. The van der Waals surface area contributed by atoms with Gasteiger partial charge in [-0.1, -0.05) is 12.1 Å². The predicted octanol–water partition coefficient (Wildman–Crippen LogP) is 3.21. The van der Waals surface area contributed by atoms with Crippen LogP contribution in [-0.2, 0) is 10.9 Å². The minimum Gasteiger partial charge on any atom is -0.379 e. The number of amides is 1. The second kappa shape index (κ2) is 8.96. The first kappa shape index (κ1) is 21.8. The van der Waals surface area contributed by atoms with Crippen molar-refractivity contribution in [3.05, 3.63) is 47.5 Å². The zero-order chi connectivity index (χ0) is 22.0. The molecule has 0 aliphatic carbocycles. The van der Waals surface area contributed by atoms with Crippen LogP contribution in [0, 0.1) is 11.7 Å². The molecule has 2 saturated heterocycles. The number of hydrogen-bond acceptors (Lipinski definition) is 4. The molecule has 0 N–H and O–H groups in total. The molecule has 2 aromatic rings. The maximum atomic E-state index is 14.1. The summed E-state index contributed by atoms with van der Waals surface area (Å²) in [5.74, 6) is -1.18. The number of hydrogen-bond donors (Lipinski definition) is 0. The summed E-state index contributed by atoms with van der Waals surface area (Å²) in [6.07, 6.45) is -2.52. The van der Waals surface area contributed by atoms with E-state index >= 15 is 0 Å². The number of likely N-dealkylation sites (tertiary alicyclic amines) is 1. The van der Waals surface area contributed by atoms with E-state index in [0.717, 1.165) is 44.7 Å². The van der Waals surface area contributed by atoms with E-state index in [2.05, 4.69) is 10.00 Å². The van der Waals surface area contributed by atoms with E-state index in [9.17, 15) is 22.4 Å². The average molecular weight is 440 g/mol. The smallest absolute Gasteiger partial charge is 0.379 e. The fraction of sp³-hybridized carbons (Fsp3) is 0.524. The minimum absolute atomic E-state index is 0.349. The van der Waals surface area contributed by atoms with Gasteiger partial charge in [-0.15, -0.1) is 0 Å². The van der Waals surface area contributed by atoms with Crippen LogP contribution in [0.4, 0.5) is 17.6 Å². The molecule has 0 bridgehead atoms. The van der Waals surface area contributed by atoms with Crippen molar-refractivity contribution >= 4 is 5.91 Å². The molecule has 6 nitrogen and oxygen atoms in total. The Morgan fingerprint density at radius 3 is 2.42 bits per heavy atom. The van der Waals surface area contributed by atoms with Gasteiger partial charge in [0.2, 0.25) is 0 Å². The maximum Gasteiger partial charge on any atom is 0.434 e. The minimum atomic E-state index is -4.86. The highest BCUT2D eigenvalue weighted by molar-refractivity contribution is 5.95. The summed E-state index contributed by atoms with van der Waals surface area (Å²) in [7, 11) is 0. The Morgan fingerprint density at radius 1 is 1.10 bits per heavy atom. The molecule has 2 aliphatic heterocycles. The van der Waals surface area contributed by atoms with Crippen molar-refractivity contribution in [3.63, 3.8) is 0 Å². The molecule has 0 unspecified atom stereocenters. The number of carbonyl (C=O) groups excluding carboxylic acids is 1. The number of aromatic nitrogens is 2. The first-order valence-corrected chi connectivity index (χ1v) is 10.3. The number of piperidine rings is 1. The third-order valence-corrected chi connectivity index (χ3v) is 5.87. The Labute approximate surface area is 177 Å². The molecule has 0 radical (unpaired) electrons. The van der Waals surface area contributed by atoms with Gasteiger partial charge in [0, 0.05) is 32.7 Å². The Bertz CT molecular complexity index is 916. The highest BCUT2D eigenvalue weighted by atomic mass is 19.4. The zero-order valence-electron chi connectivity index (χ0n) is 16.9. The van der Waals surface area contributed by atoms with Gasteiger partial charge in [-0.2, -0.15) is 18.3 Å². The van der Waals surface area contributed by atoms with Gasteiger partial charge in [0.25, 0.3) is 5.91 Å². The van der Waals surface area contributed by atoms with Crippen molar-refractivity contribution in [1.29, 1.82) is 0 Å². The van der Waals surface area contributed by atoms with E-state index in [1.807, 2.05) is 0 Å². The van der Waals surface area contributed by atoms with E-state index in [4.69, 9.17) is 4.74 Å². The van der Waals surface area contributed by atoms with Crippen LogP contribution in [0.1, 0.15) is 28.9 Å². The topological polar surface area (TPSA) is 50.6 Å². The van der Waals surface area contributed by atoms with Crippen molar-refractivity contribution in [2.75, 3.05) is 45.9 Å². The third-order valence-electron chi connectivity index (χ3n) is 5.87. The van der Waals surface area contributed by atoms with Gasteiger partial charge in [-0.25, -0.2) is 9.07 Å². The lowest BCUT2D eigenvalue weighted by molar-refractivity contribution is -0.143. The monoisotopic (exact) mass is 440 g/mol. The summed E-state index contributed by atoms with van der Waals surface area (Å²) in [4.78, 5) is 16.7. The summed E-state index contributed by atoms with van der Waals surface area (Å²) < 4.78 is 61.4. The van der Waals surface area contributed by atoms with Gasteiger partial charge in [-0.05, 0) is 30.9 Å². The number of para-hydroxylation sites is 1. The maximum absolute atomic E-state index is 14.1. The number of nitrogens with zero attached hydrogens (tertiary/aromatic N) is 4. The average Bonchev–Trinajstić information content (AvgIpc) is 3.20.